The second-order valence-corrected chi connectivity index (χ2v) is 3.94. The first-order valence-electron chi connectivity index (χ1n) is 5.56. The van der Waals surface area contributed by atoms with Crippen LogP contribution in [0.1, 0.15) is 25.5 Å². The van der Waals surface area contributed by atoms with E-state index in [1.165, 1.54) is 12.8 Å². The summed E-state index contributed by atoms with van der Waals surface area (Å²) in [6.07, 6.45) is 6.33. The van der Waals surface area contributed by atoms with Crippen LogP contribution in [0.2, 0.25) is 0 Å². The Morgan fingerprint density at radius 1 is 1.40 bits per heavy atom. The molecule has 0 amide bonds. The van der Waals surface area contributed by atoms with Gasteiger partial charge in [-0.1, -0.05) is 6.92 Å². The molecule has 4 heteroatoms. The number of nitrogens with zero attached hydrogens (tertiary/aromatic N) is 3. The predicted octanol–water partition coefficient (Wildman–Crippen LogP) is 1.50. The van der Waals surface area contributed by atoms with Gasteiger partial charge in [-0.25, -0.2) is 4.98 Å². The lowest BCUT2D eigenvalue weighted by molar-refractivity contribution is 0.266. The van der Waals surface area contributed by atoms with E-state index < -0.39 is 0 Å². The monoisotopic (exact) mass is 206 g/mol. The SMILES string of the molecule is CCN(Cc1cnc(NC)cn1)C1CC1. The summed E-state index contributed by atoms with van der Waals surface area (Å²) in [4.78, 5) is 11.1. The molecule has 1 heterocycles. The van der Waals surface area contributed by atoms with Crippen molar-refractivity contribution in [2.24, 2.45) is 0 Å². The molecule has 1 aliphatic carbocycles. The van der Waals surface area contributed by atoms with Crippen LogP contribution in [0, 0.1) is 0 Å². The molecule has 2 rings (SSSR count). The third kappa shape index (κ3) is 2.65. The lowest BCUT2D eigenvalue weighted by Crippen LogP contribution is -2.25. The maximum absolute atomic E-state index is 4.38. The van der Waals surface area contributed by atoms with Gasteiger partial charge in [0, 0.05) is 19.6 Å². The summed E-state index contributed by atoms with van der Waals surface area (Å²) >= 11 is 0. The Morgan fingerprint density at radius 2 is 2.20 bits per heavy atom. The molecule has 0 unspecified atom stereocenters. The van der Waals surface area contributed by atoms with Crippen molar-refractivity contribution in [2.45, 2.75) is 32.4 Å². The van der Waals surface area contributed by atoms with E-state index in [0.29, 0.717) is 0 Å². The fourth-order valence-electron chi connectivity index (χ4n) is 1.71. The van der Waals surface area contributed by atoms with Crippen LogP contribution >= 0.6 is 0 Å². The minimum absolute atomic E-state index is 0.792. The summed E-state index contributed by atoms with van der Waals surface area (Å²) in [5.74, 6) is 0.827. The Kier molecular flexibility index (Phi) is 3.16. The van der Waals surface area contributed by atoms with Gasteiger partial charge in [0.15, 0.2) is 0 Å². The highest BCUT2D eigenvalue weighted by Gasteiger charge is 2.27. The van der Waals surface area contributed by atoms with Gasteiger partial charge < -0.3 is 5.32 Å². The number of hydrogen-bond acceptors (Lipinski definition) is 4. The Labute approximate surface area is 90.7 Å². The third-order valence-corrected chi connectivity index (χ3v) is 2.80. The molecule has 0 saturated heterocycles. The molecule has 1 saturated carbocycles. The average molecular weight is 206 g/mol. The summed E-state index contributed by atoms with van der Waals surface area (Å²) in [5.41, 5.74) is 1.06. The van der Waals surface area contributed by atoms with Gasteiger partial charge in [-0.15, -0.1) is 0 Å². The maximum Gasteiger partial charge on any atom is 0.144 e. The molecule has 0 spiro atoms. The van der Waals surface area contributed by atoms with Crippen LogP contribution in [0.3, 0.4) is 0 Å². The molecule has 1 fully saturated rings. The van der Waals surface area contributed by atoms with E-state index in [1.54, 1.807) is 6.20 Å². The van der Waals surface area contributed by atoms with Gasteiger partial charge in [-0.2, -0.15) is 0 Å². The van der Waals surface area contributed by atoms with Crippen LogP contribution in [0.25, 0.3) is 0 Å². The van der Waals surface area contributed by atoms with E-state index >= 15 is 0 Å². The lowest BCUT2D eigenvalue weighted by Gasteiger charge is -2.18. The van der Waals surface area contributed by atoms with Crippen molar-refractivity contribution in [3.8, 4) is 0 Å². The lowest BCUT2D eigenvalue weighted by atomic mass is 10.3. The minimum Gasteiger partial charge on any atom is -0.372 e. The normalized spacial score (nSPS) is 15.7. The predicted molar refractivity (Wildman–Crippen MR) is 60.7 cm³/mol. The zero-order valence-electron chi connectivity index (χ0n) is 9.40. The first-order chi connectivity index (χ1) is 7.33. The molecule has 0 aromatic carbocycles. The van der Waals surface area contributed by atoms with Crippen LogP contribution in [0.5, 0.6) is 0 Å². The van der Waals surface area contributed by atoms with E-state index in [4.69, 9.17) is 0 Å². The fraction of sp³-hybridized carbons (Fsp3) is 0.636. The molecule has 1 N–H and O–H groups in total. The Morgan fingerprint density at radius 3 is 2.67 bits per heavy atom. The van der Waals surface area contributed by atoms with Gasteiger partial charge in [0.2, 0.25) is 0 Å². The van der Waals surface area contributed by atoms with E-state index in [0.717, 1.165) is 30.6 Å². The van der Waals surface area contributed by atoms with Gasteiger partial charge in [-0.05, 0) is 19.4 Å². The van der Waals surface area contributed by atoms with Crippen molar-refractivity contribution >= 4 is 5.82 Å². The van der Waals surface area contributed by atoms with Gasteiger partial charge in [0.25, 0.3) is 0 Å². The molecule has 1 aromatic rings. The van der Waals surface area contributed by atoms with E-state index in [2.05, 4.69) is 27.1 Å². The number of rotatable bonds is 5. The zero-order chi connectivity index (χ0) is 10.7. The van der Waals surface area contributed by atoms with Gasteiger partial charge in [0.05, 0.1) is 18.1 Å². The topological polar surface area (TPSA) is 41.1 Å². The van der Waals surface area contributed by atoms with Gasteiger partial charge in [-0.3, -0.25) is 9.88 Å². The number of anilines is 1. The van der Waals surface area contributed by atoms with Crippen LogP contribution < -0.4 is 5.32 Å². The van der Waals surface area contributed by atoms with Crippen molar-refractivity contribution in [1.29, 1.82) is 0 Å². The zero-order valence-corrected chi connectivity index (χ0v) is 9.40. The van der Waals surface area contributed by atoms with Crippen molar-refractivity contribution in [1.82, 2.24) is 14.9 Å². The maximum atomic E-state index is 4.38. The first-order valence-corrected chi connectivity index (χ1v) is 5.56. The highest BCUT2D eigenvalue weighted by atomic mass is 15.2. The van der Waals surface area contributed by atoms with Crippen molar-refractivity contribution in [3.05, 3.63) is 18.1 Å². The van der Waals surface area contributed by atoms with Crippen LogP contribution in [0.4, 0.5) is 5.82 Å². The van der Waals surface area contributed by atoms with Crippen LogP contribution in [-0.4, -0.2) is 34.5 Å². The minimum atomic E-state index is 0.792. The first kappa shape index (κ1) is 10.4. The molecule has 15 heavy (non-hydrogen) atoms. The quantitative estimate of drug-likeness (QED) is 0.792. The summed E-state index contributed by atoms with van der Waals surface area (Å²) < 4.78 is 0. The van der Waals surface area contributed by atoms with Gasteiger partial charge in [0.1, 0.15) is 5.82 Å². The Bertz CT molecular complexity index is 305. The molecule has 82 valence electrons. The number of hydrogen-bond donors (Lipinski definition) is 1. The van der Waals surface area contributed by atoms with E-state index in [1.807, 2.05) is 13.2 Å². The summed E-state index contributed by atoms with van der Waals surface area (Å²) in [5, 5.41) is 2.97. The molecule has 0 radical (unpaired) electrons. The van der Waals surface area contributed by atoms with Gasteiger partial charge >= 0.3 is 0 Å². The van der Waals surface area contributed by atoms with E-state index in [-0.39, 0.29) is 0 Å². The molecule has 1 aliphatic rings. The van der Waals surface area contributed by atoms with Crippen molar-refractivity contribution in [3.63, 3.8) is 0 Å². The Balaban J connectivity index is 1.96. The number of nitrogens with one attached hydrogen (secondary N) is 1. The third-order valence-electron chi connectivity index (χ3n) is 2.80. The molecular weight excluding hydrogens is 188 g/mol. The molecule has 4 nitrogen and oxygen atoms in total. The molecule has 1 aromatic heterocycles. The summed E-state index contributed by atoms with van der Waals surface area (Å²) in [6.45, 7) is 4.23. The van der Waals surface area contributed by atoms with Crippen LogP contribution in [0.15, 0.2) is 12.4 Å². The second kappa shape index (κ2) is 4.57. The summed E-state index contributed by atoms with van der Waals surface area (Å²) in [7, 11) is 1.85. The molecular formula is C11H18N4. The van der Waals surface area contributed by atoms with Crippen LogP contribution in [-0.2, 0) is 6.54 Å². The summed E-state index contributed by atoms with van der Waals surface area (Å²) in [6, 6.07) is 0.792. The molecule has 0 aliphatic heterocycles. The second-order valence-electron chi connectivity index (χ2n) is 3.94. The average Bonchev–Trinajstić information content (AvgIpc) is 3.10. The largest absolute Gasteiger partial charge is 0.372 e. The Hall–Kier alpha value is -1.16. The standard InChI is InChI=1S/C11H18N4/c1-3-15(10-4-5-10)8-9-6-14-11(12-2)7-13-9/h6-7,10H,3-5,8H2,1-2H3,(H,12,14). The molecule has 0 bridgehead atoms. The van der Waals surface area contributed by atoms with Crippen molar-refractivity contribution in [2.75, 3.05) is 18.9 Å². The highest BCUT2D eigenvalue weighted by Crippen LogP contribution is 2.27. The highest BCUT2D eigenvalue weighted by molar-refractivity contribution is 5.29. The smallest absolute Gasteiger partial charge is 0.144 e. The van der Waals surface area contributed by atoms with Crippen molar-refractivity contribution < 1.29 is 0 Å². The fourth-order valence-corrected chi connectivity index (χ4v) is 1.71. The molecule has 0 atom stereocenters. The van der Waals surface area contributed by atoms with E-state index in [9.17, 15) is 0 Å². The number of aromatic nitrogens is 2.